The zero-order valence-electron chi connectivity index (χ0n) is 10.8. The number of fused-ring (bicyclic) bond motifs is 1. The number of benzene rings is 1. The van der Waals surface area contributed by atoms with Crippen molar-refractivity contribution in [2.75, 3.05) is 11.4 Å². The number of para-hydroxylation sites is 2. The summed E-state index contributed by atoms with van der Waals surface area (Å²) in [4.78, 5) is 10.4. The van der Waals surface area contributed by atoms with E-state index in [0.717, 1.165) is 29.9 Å². The normalized spacial score (nSPS) is 22.3. The molecule has 0 amide bonds. The van der Waals surface area contributed by atoms with Crippen LogP contribution in [-0.2, 0) is 0 Å². The number of aromatic nitrogens is 2. The van der Waals surface area contributed by atoms with Crippen LogP contribution in [0.2, 0.25) is 0 Å². The summed E-state index contributed by atoms with van der Waals surface area (Å²) >= 11 is 0. The number of nitrogens with one attached hydrogen (secondary N) is 1. The molecule has 96 valence electrons. The third kappa shape index (κ3) is 1.97. The highest BCUT2D eigenvalue weighted by atomic mass is 15.3. The van der Waals surface area contributed by atoms with E-state index in [2.05, 4.69) is 27.9 Å². The van der Waals surface area contributed by atoms with Crippen LogP contribution in [-0.4, -0.2) is 28.6 Å². The van der Waals surface area contributed by atoms with Crippen LogP contribution in [0.15, 0.2) is 24.3 Å². The third-order valence-electron chi connectivity index (χ3n) is 3.81. The van der Waals surface area contributed by atoms with Gasteiger partial charge in [-0.25, -0.2) is 4.98 Å². The van der Waals surface area contributed by atoms with Gasteiger partial charge in [-0.15, -0.1) is 0 Å². The number of hydrogen-bond acceptors (Lipinski definition) is 3. The van der Waals surface area contributed by atoms with Crippen LogP contribution >= 0.6 is 0 Å². The van der Waals surface area contributed by atoms with Crippen molar-refractivity contribution < 1.29 is 0 Å². The maximum atomic E-state index is 6.11. The molecule has 4 heteroatoms. The standard InChI is InChI=1S/C14H20N4/c1-10(15)13-8-4-5-9-18(13)14-16-11-6-2-3-7-12(11)17-14/h2-3,6-7,10,13H,4-5,8-9,15H2,1H3,(H,16,17). The van der Waals surface area contributed by atoms with Crippen molar-refractivity contribution in [3.8, 4) is 0 Å². The first kappa shape index (κ1) is 11.5. The van der Waals surface area contributed by atoms with Gasteiger partial charge in [-0.05, 0) is 38.3 Å². The van der Waals surface area contributed by atoms with Gasteiger partial charge in [-0.2, -0.15) is 0 Å². The van der Waals surface area contributed by atoms with Gasteiger partial charge >= 0.3 is 0 Å². The molecule has 1 aromatic heterocycles. The van der Waals surface area contributed by atoms with Crippen molar-refractivity contribution in [1.29, 1.82) is 0 Å². The van der Waals surface area contributed by atoms with Gasteiger partial charge in [0.15, 0.2) is 0 Å². The van der Waals surface area contributed by atoms with Gasteiger partial charge in [0.05, 0.1) is 11.0 Å². The molecule has 2 heterocycles. The molecular formula is C14H20N4. The molecule has 2 aromatic rings. The van der Waals surface area contributed by atoms with Gasteiger partial charge in [0, 0.05) is 18.6 Å². The van der Waals surface area contributed by atoms with Crippen molar-refractivity contribution in [3.63, 3.8) is 0 Å². The second-order valence-corrected chi connectivity index (χ2v) is 5.19. The van der Waals surface area contributed by atoms with Crippen LogP contribution in [0.3, 0.4) is 0 Å². The van der Waals surface area contributed by atoms with Crippen molar-refractivity contribution in [3.05, 3.63) is 24.3 Å². The second kappa shape index (κ2) is 4.61. The van der Waals surface area contributed by atoms with Crippen molar-refractivity contribution in [2.45, 2.75) is 38.3 Å². The van der Waals surface area contributed by atoms with E-state index in [-0.39, 0.29) is 6.04 Å². The molecule has 3 N–H and O–H groups in total. The minimum absolute atomic E-state index is 0.179. The fourth-order valence-corrected chi connectivity index (χ4v) is 2.84. The number of hydrogen-bond donors (Lipinski definition) is 2. The van der Waals surface area contributed by atoms with E-state index in [1.807, 2.05) is 18.2 Å². The average Bonchev–Trinajstić information content (AvgIpc) is 2.82. The molecule has 1 aliphatic heterocycles. The first-order valence-electron chi connectivity index (χ1n) is 6.72. The Kier molecular flexibility index (Phi) is 2.96. The van der Waals surface area contributed by atoms with Crippen molar-refractivity contribution in [1.82, 2.24) is 9.97 Å². The summed E-state index contributed by atoms with van der Waals surface area (Å²) in [6.07, 6.45) is 3.65. The van der Waals surface area contributed by atoms with Crippen LogP contribution in [0.25, 0.3) is 11.0 Å². The number of H-pyrrole nitrogens is 1. The molecule has 1 aliphatic rings. The Bertz CT molecular complexity index is 498. The van der Waals surface area contributed by atoms with Gasteiger partial charge in [0.25, 0.3) is 0 Å². The van der Waals surface area contributed by atoms with Crippen molar-refractivity contribution >= 4 is 17.0 Å². The van der Waals surface area contributed by atoms with Gasteiger partial charge in [-0.1, -0.05) is 12.1 Å². The molecule has 0 aliphatic carbocycles. The molecule has 2 unspecified atom stereocenters. The third-order valence-corrected chi connectivity index (χ3v) is 3.81. The van der Waals surface area contributed by atoms with Gasteiger partial charge in [0.2, 0.25) is 5.95 Å². The van der Waals surface area contributed by atoms with Gasteiger partial charge < -0.3 is 15.6 Å². The predicted molar refractivity (Wildman–Crippen MR) is 74.7 cm³/mol. The molecule has 18 heavy (non-hydrogen) atoms. The first-order valence-corrected chi connectivity index (χ1v) is 6.72. The monoisotopic (exact) mass is 244 g/mol. The SMILES string of the molecule is CC(N)C1CCCCN1c1nc2ccccc2[nH]1. The first-order chi connectivity index (χ1) is 8.75. The summed E-state index contributed by atoms with van der Waals surface area (Å²) in [5.74, 6) is 0.971. The quantitative estimate of drug-likeness (QED) is 0.852. The number of imidazole rings is 1. The molecular weight excluding hydrogens is 224 g/mol. The number of aromatic amines is 1. The van der Waals surface area contributed by atoms with Gasteiger partial charge in [0.1, 0.15) is 0 Å². The van der Waals surface area contributed by atoms with E-state index >= 15 is 0 Å². The molecule has 0 saturated carbocycles. The zero-order chi connectivity index (χ0) is 12.5. The molecule has 1 fully saturated rings. The minimum Gasteiger partial charge on any atom is -0.338 e. The molecule has 4 nitrogen and oxygen atoms in total. The predicted octanol–water partition coefficient (Wildman–Crippen LogP) is 2.27. The van der Waals surface area contributed by atoms with E-state index in [1.54, 1.807) is 0 Å². The number of nitrogens with two attached hydrogens (primary N) is 1. The summed E-state index contributed by atoms with van der Waals surface area (Å²) in [5.41, 5.74) is 8.23. The molecule has 1 saturated heterocycles. The molecule has 0 radical (unpaired) electrons. The minimum atomic E-state index is 0.179. The fourth-order valence-electron chi connectivity index (χ4n) is 2.84. The van der Waals surface area contributed by atoms with E-state index in [1.165, 1.54) is 12.8 Å². The Morgan fingerprint density at radius 2 is 2.22 bits per heavy atom. The molecule has 2 atom stereocenters. The lowest BCUT2D eigenvalue weighted by Crippen LogP contribution is -2.49. The maximum Gasteiger partial charge on any atom is 0.204 e. The molecule has 3 rings (SSSR count). The number of piperidine rings is 1. The fraction of sp³-hybridized carbons (Fsp3) is 0.500. The largest absolute Gasteiger partial charge is 0.338 e. The lowest BCUT2D eigenvalue weighted by molar-refractivity contribution is 0.409. The summed E-state index contributed by atoms with van der Waals surface area (Å²) < 4.78 is 0. The van der Waals surface area contributed by atoms with Crippen LogP contribution in [0, 0.1) is 0 Å². The maximum absolute atomic E-state index is 6.11. The van der Waals surface area contributed by atoms with Crippen LogP contribution in [0.4, 0.5) is 5.95 Å². The Hall–Kier alpha value is -1.55. The van der Waals surface area contributed by atoms with Crippen LogP contribution in [0.5, 0.6) is 0 Å². The van der Waals surface area contributed by atoms with E-state index in [4.69, 9.17) is 5.73 Å². The molecule has 0 spiro atoms. The number of nitrogens with zero attached hydrogens (tertiary/aromatic N) is 2. The summed E-state index contributed by atoms with van der Waals surface area (Å²) in [7, 11) is 0. The van der Waals surface area contributed by atoms with E-state index < -0.39 is 0 Å². The lowest BCUT2D eigenvalue weighted by Gasteiger charge is -2.37. The van der Waals surface area contributed by atoms with Crippen LogP contribution in [0.1, 0.15) is 26.2 Å². The topological polar surface area (TPSA) is 57.9 Å². The van der Waals surface area contributed by atoms with Crippen LogP contribution < -0.4 is 10.6 Å². The number of rotatable bonds is 2. The highest BCUT2D eigenvalue weighted by molar-refractivity contribution is 5.77. The van der Waals surface area contributed by atoms with E-state index in [9.17, 15) is 0 Å². The second-order valence-electron chi connectivity index (χ2n) is 5.19. The van der Waals surface area contributed by atoms with Gasteiger partial charge in [-0.3, -0.25) is 0 Å². The molecule has 1 aromatic carbocycles. The average molecular weight is 244 g/mol. The number of anilines is 1. The Labute approximate surface area is 107 Å². The summed E-state index contributed by atoms with van der Waals surface area (Å²) in [6, 6.07) is 8.74. The highest BCUT2D eigenvalue weighted by Gasteiger charge is 2.27. The summed E-state index contributed by atoms with van der Waals surface area (Å²) in [5, 5.41) is 0. The zero-order valence-corrected chi connectivity index (χ0v) is 10.8. The van der Waals surface area contributed by atoms with Crippen molar-refractivity contribution in [2.24, 2.45) is 5.73 Å². The van der Waals surface area contributed by atoms with E-state index in [0.29, 0.717) is 6.04 Å². The Morgan fingerprint density at radius 1 is 1.39 bits per heavy atom. The smallest absolute Gasteiger partial charge is 0.204 e. The molecule has 0 bridgehead atoms. The Balaban J connectivity index is 1.96. The Morgan fingerprint density at radius 3 is 3.00 bits per heavy atom. The highest BCUT2D eigenvalue weighted by Crippen LogP contribution is 2.25. The lowest BCUT2D eigenvalue weighted by atomic mass is 9.97. The summed E-state index contributed by atoms with van der Waals surface area (Å²) in [6.45, 7) is 3.14.